The minimum atomic E-state index is -0.342. The third-order valence-corrected chi connectivity index (χ3v) is 4.66. The summed E-state index contributed by atoms with van der Waals surface area (Å²) in [6, 6.07) is 10.0. The number of hydrogen-bond donors (Lipinski definition) is 0. The van der Waals surface area contributed by atoms with Crippen LogP contribution >= 0.6 is 0 Å². The van der Waals surface area contributed by atoms with Crippen LogP contribution in [0.3, 0.4) is 0 Å². The Labute approximate surface area is 141 Å². The van der Waals surface area contributed by atoms with Crippen molar-refractivity contribution < 1.29 is 13.9 Å². The van der Waals surface area contributed by atoms with Gasteiger partial charge >= 0.3 is 0 Å². The number of rotatable bonds is 4. The van der Waals surface area contributed by atoms with E-state index in [-0.39, 0.29) is 17.3 Å². The Morgan fingerprint density at radius 1 is 1.38 bits per heavy atom. The van der Waals surface area contributed by atoms with Crippen LogP contribution in [0, 0.1) is 5.82 Å². The highest BCUT2D eigenvalue weighted by atomic mass is 19.1. The van der Waals surface area contributed by atoms with Crippen LogP contribution in [0.1, 0.15) is 35.7 Å². The third kappa shape index (κ3) is 3.11. The van der Waals surface area contributed by atoms with Crippen LogP contribution in [0.5, 0.6) is 5.88 Å². The van der Waals surface area contributed by atoms with Crippen LogP contribution < -0.4 is 4.74 Å². The van der Waals surface area contributed by atoms with Crippen LogP contribution in [-0.2, 0) is 6.42 Å². The lowest BCUT2D eigenvalue weighted by molar-refractivity contribution is 0.0620. The Kier molecular flexibility index (Phi) is 4.51. The van der Waals surface area contributed by atoms with Crippen molar-refractivity contribution in [3.63, 3.8) is 0 Å². The van der Waals surface area contributed by atoms with E-state index in [9.17, 15) is 9.18 Å². The van der Waals surface area contributed by atoms with Gasteiger partial charge in [0.1, 0.15) is 11.4 Å². The second-order valence-corrected chi connectivity index (χ2v) is 6.42. The maximum absolute atomic E-state index is 13.5. The van der Waals surface area contributed by atoms with E-state index in [2.05, 4.69) is 11.9 Å². The van der Waals surface area contributed by atoms with Gasteiger partial charge in [-0.05, 0) is 56.0 Å². The molecule has 4 nitrogen and oxygen atoms in total. The topological polar surface area (TPSA) is 42.4 Å². The zero-order valence-electron chi connectivity index (χ0n) is 14.0. The Hall–Kier alpha value is -2.43. The molecule has 0 radical (unpaired) electrons. The molecule has 24 heavy (non-hydrogen) atoms. The highest BCUT2D eigenvalue weighted by Gasteiger charge is 2.40. The number of carbonyl (C=O) groups is 1. The molecule has 2 heterocycles. The quantitative estimate of drug-likeness (QED) is 0.863. The van der Waals surface area contributed by atoms with Gasteiger partial charge in [-0.3, -0.25) is 4.79 Å². The van der Waals surface area contributed by atoms with E-state index in [0.717, 1.165) is 18.4 Å². The fourth-order valence-electron chi connectivity index (χ4n) is 3.50. The standard InChI is InChI=1S/C19H21FN2O2/c1-19(13-14-6-3-7-15(20)12-14)9-5-11-22(19)18(23)16-8-4-10-21-17(16)24-2/h3-4,6-8,10,12H,5,9,11,13H2,1-2H3/t19-/m1/s1. The fourth-order valence-corrected chi connectivity index (χ4v) is 3.50. The number of amides is 1. The van der Waals surface area contributed by atoms with Gasteiger partial charge in [-0.2, -0.15) is 0 Å². The normalized spacial score (nSPS) is 20.2. The average Bonchev–Trinajstić information content (AvgIpc) is 2.95. The van der Waals surface area contributed by atoms with E-state index in [1.165, 1.54) is 19.2 Å². The minimum Gasteiger partial charge on any atom is -0.480 e. The molecule has 0 saturated carbocycles. The van der Waals surface area contributed by atoms with Crippen molar-refractivity contribution >= 4 is 5.91 Å². The van der Waals surface area contributed by atoms with Crippen LogP contribution in [0.25, 0.3) is 0 Å². The molecule has 0 N–H and O–H groups in total. The second-order valence-electron chi connectivity index (χ2n) is 6.42. The van der Waals surface area contributed by atoms with Crippen molar-refractivity contribution in [3.8, 4) is 5.88 Å². The highest BCUT2D eigenvalue weighted by molar-refractivity contribution is 5.97. The van der Waals surface area contributed by atoms with Crippen LogP contribution in [-0.4, -0.2) is 35.0 Å². The van der Waals surface area contributed by atoms with Crippen molar-refractivity contribution in [2.75, 3.05) is 13.7 Å². The van der Waals surface area contributed by atoms with Gasteiger partial charge < -0.3 is 9.64 Å². The second kappa shape index (κ2) is 6.59. The maximum Gasteiger partial charge on any atom is 0.259 e. The van der Waals surface area contributed by atoms with Gasteiger partial charge in [0.05, 0.1) is 7.11 Å². The van der Waals surface area contributed by atoms with Gasteiger partial charge in [0.2, 0.25) is 5.88 Å². The number of pyridine rings is 1. The van der Waals surface area contributed by atoms with E-state index in [4.69, 9.17) is 4.74 Å². The molecule has 1 fully saturated rings. The molecule has 2 aromatic rings. The summed E-state index contributed by atoms with van der Waals surface area (Å²) in [6.45, 7) is 2.74. The average molecular weight is 328 g/mol. The SMILES string of the molecule is COc1ncccc1C(=O)N1CCC[C@]1(C)Cc1cccc(F)c1. The molecule has 0 bridgehead atoms. The van der Waals surface area contributed by atoms with E-state index in [0.29, 0.717) is 24.4 Å². The number of aromatic nitrogens is 1. The van der Waals surface area contributed by atoms with E-state index >= 15 is 0 Å². The number of nitrogens with zero attached hydrogens (tertiary/aromatic N) is 2. The molecule has 1 aliphatic rings. The third-order valence-electron chi connectivity index (χ3n) is 4.66. The van der Waals surface area contributed by atoms with Crippen molar-refractivity contribution in [2.24, 2.45) is 0 Å². The van der Waals surface area contributed by atoms with Gasteiger partial charge in [0.15, 0.2) is 0 Å². The number of likely N-dealkylation sites (tertiary alicyclic amines) is 1. The summed E-state index contributed by atoms with van der Waals surface area (Å²) in [5.41, 5.74) is 1.02. The lowest BCUT2D eigenvalue weighted by Crippen LogP contribution is -2.46. The summed E-state index contributed by atoms with van der Waals surface area (Å²) in [5, 5.41) is 0. The van der Waals surface area contributed by atoms with Gasteiger partial charge in [0.25, 0.3) is 5.91 Å². The lowest BCUT2D eigenvalue weighted by atomic mass is 9.89. The Balaban J connectivity index is 1.88. The largest absolute Gasteiger partial charge is 0.480 e. The molecule has 0 aliphatic carbocycles. The predicted octanol–water partition coefficient (Wildman–Crippen LogP) is 3.47. The molecule has 1 amide bonds. The molecule has 3 rings (SSSR count). The first-order chi connectivity index (χ1) is 11.5. The summed E-state index contributed by atoms with van der Waals surface area (Å²) in [5.74, 6) is -0.000222. The predicted molar refractivity (Wildman–Crippen MR) is 89.6 cm³/mol. The first-order valence-electron chi connectivity index (χ1n) is 8.09. The monoisotopic (exact) mass is 328 g/mol. The van der Waals surface area contributed by atoms with Gasteiger partial charge in [-0.1, -0.05) is 12.1 Å². The lowest BCUT2D eigenvalue weighted by Gasteiger charge is -2.36. The molecule has 1 aromatic carbocycles. The van der Waals surface area contributed by atoms with Crippen LogP contribution in [0.4, 0.5) is 4.39 Å². The molecule has 5 heteroatoms. The molecule has 0 unspecified atom stereocenters. The highest BCUT2D eigenvalue weighted by Crippen LogP contribution is 2.34. The van der Waals surface area contributed by atoms with Crippen molar-refractivity contribution in [2.45, 2.75) is 31.7 Å². The zero-order valence-corrected chi connectivity index (χ0v) is 14.0. The number of benzene rings is 1. The molecule has 126 valence electrons. The Bertz CT molecular complexity index is 750. The molecule has 1 aromatic heterocycles. The summed E-state index contributed by atoms with van der Waals surface area (Å²) >= 11 is 0. The zero-order chi connectivity index (χ0) is 17.2. The Morgan fingerprint density at radius 2 is 2.21 bits per heavy atom. The molecule has 0 spiro atoms. The number of carbonyl (C=O) groups excluding carboxylic acids is 1. The summed E-state index contributed by atoms with van der Waals surface area (Å²) < 4.78 is 18.7. The van der Waals surface area contributed by atoms with Gasteiger partial charge in [-0.15, -0.1) is 0 Å². The Morgan fingerprint density at radius 3 is 2.96 bits per heavy atom. The summed E-state index contributed by atoms with van der Waals surface area (Å²) in [6.07, 6.45) is 4.04. The fraction of sp³-hybridized carbons (Fsp3) is 0.368. The number of halogens is 1. The van der Waals surface area contributed by atoms with E-state index < -0.39 is 0 Å². The van der Waals surface area contributed by atoms with Crippen LogP contribution in [0.15, 0.2) is 42.6 Å². The van der Waals surface area contributed by atoms with Gasteiger partial charge in [0, 0.05) is 18.3 Å². The van der Waals surface area contributed by atoms with E-state index in [1.54, 1.807) is 24.4 Å². The molecule has 1 atom stereocenters. The minimum absolute atomic E-state index is 0.0867. The summed E-state index contributed by atoms with van der Waals surface area (Å²) in [7, 11) is 1.51. The maximum atomic E-state index is 13.5. The molecular formula is C19H21FN2O2. The molecule has 1 saturated heterocycles. The first kappa shape index (κ1) is 16.4. The van der Waals surface area contributed by atoms with Crippen molar-refractivity contribution in [3.05, 3.63) is 59.5 Å². The first-order valence-corrected chi connectivity index (χ1v) is 8.09. The van der Waals surface area contributed by atoms with Gasteiger partial charge in [-0.25, -0.2) is 9.37 Å². The van der Waals surface area contributed by atoms with Crippen LogP contribution in [0.2, 0.25) is 0 Å². The number of ether oxygens (including phenoxy) is 1. The molecule has 1 aliphatic heterocycles. The number of methoxy groups -OCH3 is 1. The molecular weight excluding hydrogens is 307 g/mol. The smallest absolute Gasteiger partial charge is 0.259 e. The summed E-state index contributed by atoms with van der Waals surface area (Å²) in [4.78, 5) is 19.0. The van der Waals surface area contributed by atoms with Crippen molar-refractivity contribution in [1.29, 1.82) is 0 Å². The van der Waals surface area contributed by atoms with Crippen molar-refractivity contribution in [1.82, 2.24) is 9.88 Å². The van der Waals surface area contributed by atoms with E-state index in [1.807, 2.05) is 11.0 Å². The number of hydrogen-bond acceptors (Lipinski definition) is 3.